The molecule has 7 nitrogen and oxygen atoms in total. The molecule has 1 heterocycles. The molecule has 0 aromatic carbocycles. The molecule has 1 atom stereocenters. The lowest BCUT2D eigenvalue weighted by atomic mass is 10.2. The lowest BCUT2D eigenvalue weighted by Gasteiger charge is -2.13. The van der Waals surface area contributed by atoms with Crippen LogP contribution in [0.15, 0.2) is 16.7 Å². The number of carboxylic acids is 1. The van der Waals surface area contributed by atoms with Gasteiger partial charge in [0.1, 0.15) is 11.2 Å². The van der Waals surface area contributed by atoms with E-state index in [0.29, 0.717) is 4.47 Å². The Morgan fingerprint density at radius 3 is 2.68 bits per heavy atom. The minimum atomic E-state index is -1.42. The molecule has 0 fully saturated rings. The Hall–Kier alpha value is -1.67. The first-order chi connectivity index (χ1) is 8.81. The molecule has 2 amide bonds. The smallest absolute Gasteiger partial charge is 0.326 e. The first kappa shape index (κ1) is 15.4. The Morgan fingerprint density at radius 2 is 2.16 bits per heavy atom. The van der Waals surface area contributed by atoms with Gasteiger partial charge in [0.05, 0.1) is 12.0 Å². The maximum atomic E-state index is 11.8. The minimum absolute atomic E-state index is 0.00763. The number of carbonyl (C=O) groups excluding carboxylic acids is 2. The fraction of sp³-hybridized carbons (Fsp3) is 0.200. The molecule has 9 heteroatoms. The van der Waals surface area contributed by atoms with Gasteiger partial charge in [-0.3, -0.25) is 9.59 Å². The fourth-order valence-electron chi connectivity index (χ4n) is 1.22. The number of hydrogen-bond acceptors (Lipinski definition) is 4. The van der Waals surface area contributed by atoms with E-state index in [1.807, 2.05) is 0 Å². The van der Waals surface area contributed by atoms with Gasteiger partial charge in [0, 0.05) is 10.7 Å². The number of halogens is 2. The van der Waals surface area contributed by atoms with Crippen molar-refractivity contribution < 1.29 is 19.5 Å². The second-order valence-corrected chi connectivity index (χ2v) is 4.80. The second-order valence-electron chi connectivity index (χ2n) is 3.53. The summed E-state index contributed by atoms with van der Waals surface area (Å²) in [4.78, 5) is 37.2. The molecule has 1 aromatic rings. The van der Waals surface area contributed by atoms with Gasteiger partial charge in [0.15, 0.2) is 0 Å². The molecule has 102 valence electrons. The van der Waals surface area contributed by atoms with E-state index in [-0.39, 0.29) is 10.7 Å². The van der Waals surface area contributed by atoms with E-state index in [4.69, 9.17) is 22.4 Å². The van der Waals surface area contributed by atoms with Gasteiger partial charge in [0.2, 0.25) is 5.91 Å². The molecule has 0 spiro atoms. The Bertz CT molecular complexity index is 538. The third-order valence-electron chi connectivity index (χ3n) is 2.06. The van der Waals surface area contributed by atoms with E-state index in [1.165, 1.54) is 12.3 Å². The summed E-state index contributed by atoms with van der Waals surface area (Å²) >= 11 is 8.84. The summed E-state index contributed by atoms with van der Waals surface area (Å²) < 4.78 is 0.504. The van der Waals surface area contributed by atoms with Crippen LogP contribution in [-0.2, 0) is 9.59 Å². The van der Waals surface area contributed by atoms with E-state index in [0.717, 1.165) is 0 Å². The highest BCUT2D eigenvalue weighted by Gasteiger charge is 2.24. The second kappa shape index (κ2) is 6.48. The molecule has 0 aliphatic rings. The van der Waals surface area contributed by atoms with Crippen LogP contribution in [0.25, 0.3) is 0 Å². The average Bonchev–Trinajstić information content (AvgIpc) is 2.30. The Morgan fingerprint density at radius 1 is 1.53 bits per heavy atom. The summed E-state index contributed by atoms with van der Waals surface area (Å²) in [6, 6.07) is -0.0338. The highest BCUT2D eigenvalue weighted by molar-refractivity contribution is 9.10. The summed E-state index contributed by atoms with van der Waals surface area (Å²) in [6.07, 6.45) is 0.872. The molecule has 0 aliphatic carbocycles. The third-order valence-corrected chi connectivity index (χ3v) is 2.79. The summed E-state index contributed by atoms with van der Waals surface area (Å²) in [6.45, 7) is 0. The lowest BCUT2D eigenvalue weighted by Crippen LogP contribution is -2.43. The molecule has 1 rings (SSSR count). The molecular weight excluding hydrogens is 341 g/mol. The van der Waals surface area contributed by atoms with E-state index in [1.54, 1.807) is 0 Å². The van der Waals surface area contributed by atoms with Crippen molar-refractivity contribution >= 4 is 45.3 Å². The number of carboxylic acid groups (broad SMARTS) is 1. The number of hydrogen-bond donors (Lipinski definition) is 3. The predicted octanol–water partition coefficient (Wildman–Crippen LogP) is 0.556. The Balaban J connectivity index is 2.90. The highest BCUT2D eigenvalue weighted by atomic mass is 79.9. The first-order valence-corrected chi connectivity index (χ1v) is 6.11. The minimum Gasteiger partial charge on any atom is -0.480 e. The number of nitrogens with two attached hydrogens (primary N) is 1. The molecule has 0 aliphatic heterocycles. The van der Waals surface area contributed by atoms with Gasteiger partial charge in [-0.2, -0.15) is 0 Å². The topological polar surface area (TPSA) is 122 Å². The van der Waals surface area contributed by atoms with Gasteiger partial charge in [-0.05, 0) is 22.0 Å². The fourth-order valence-corrected chi connectivity index (χ4v) is 1.74. The van der Waals surface area contributed by atoms with Crippen molar-refractivity contribution in [3.63, 3.8) is 0 Å². The summed E-state index contributed by atoms with van der Waals surface area (Å²) in [5.74, 6) is -2.97. The van der Waals surface area contributed by atoms with Crippen LogP contribution in [-0.4, -0.2) is 33.9 Å². The van der Waals surface area contributed by atoms with Gasteiger partial charge in [-0.15, -0.1) is 0 Å². The standard InChI is InChI=1S/C10H9BrClN3O4/c11-4-1-5(8(12)14-3-4)9(17)15-6(10(18)19)2-7(13)16/h1,3,6H,2H2,(H2,13,16)(H,15,17)(H,18,19)/t6-/m1/s1. The number of primary amides is 1. The van der Waals surface area contributed by atoms with Crippen molar-refractivity contribution in [2.24, 2.45) is 5.73 Å². The van der Waals surface area contributed by atoms with E-state index >= 15 is 0 Å². The summed E-state index contributed by atoms with van der Waals surface area (Å²) in [5.41, 5.74) is 4.89. The van der Waals surface area contributed by atoms with Crippen LogP contribution in [0.3, 0.4) is 0 Å². The molecule has 0 unspecified atom stereocenters. The van der Waals surface area contributed by atoms with Crippen molar-refractivity contribution in [2.45, 2.75) is 12.5 Å². The molecule has 0 radical (unpaired) electrons. The number of aliphatic carboxylic acids is 1. The van der Waals surface area contributed by atoms with Crippen molar-refractivity contribution in [1.29, 1.82) is 0 Å². The van der Waals surface area contributed by atoms with E-state index in [9.17, 15) is 14.4 Å². The zero-order valence-corrected chi connectivity index (χ0v) is 11.7. The molecule has 0 saturated heterocycles. The zero-order chi connectivity index (χ0) is 14.6. The van der Waals surface area contributed by atoms with Gasteiger partial charge < -0.3 is 16.2 Å². The SMILES string of the molecule is NC(=O)C[C@@H](NC(=O)c1cc(Br)cnc1Cl)C(=O)O. The maximum absolute atomic E-state index is 11.8. The molecule has 0 bridgehead atoms. The first-order valence-electron chi connectivity index (χ1n) is 4.94. The van der Waals surface area contributed by atoms with Crippen LogP contribution in [0.5, 0.6) is 0 Å². The molecule has 0 saturated carbocycles. The van der Waals surface area contributed by atoms with Crippen LogP contribution in [0.2, 0.25) is 5.15 Å². The van der Waals surface area contributed by atoms with Crippen molar-refractivity contribution in [3.05, 3.63) is 27.5 Å². The molecular formula is C10H9BrClN3O4. The number of carbonyl (C=O) groups is 3. The van der Waals surface area contributed by atoms with E-state index in [2.05, 4.69) is 26.2 Å². The van der Waals surface area contributed by atoms with Crippen LogP contribution < -0.4 is 11.1 Å². The summed E-state index contributed by atoms with van der Waals surface area (Å²) in [5, 5.41) is 10.9. The van der Waals surface area contributed by atoms with Crippen molar-refractivity contribution in [2.75, 3.05) is 0 Å². The van der Waals surface area contributed by atoms with Crippen LogP contribution >= 0.6 is 27.5 Å². The summed E-state index contributed by atoms with van der Waals surface area (Å²) in [7, 11) is 0. The lowest BCUT2D eigenvalue weighted by molar-refractivity contribution is -0.140. The van der Waals surface area contributed by atoms with Gasteiger partial charge in [-0.25, -0.2) is 9.78 Å². The number of nitrogens with one attached hydrogen (secondary N) is 1. The molecule has 19 heavy (non-hydrogen) atoms. The number of amides is 2. The Kier molecular flexibility index (Phi) is 5.25. The van der Waals surface area contributed by atoms with Gasteiger partial charge in [0.25, 0.3) is 5.91 Å². The molecule has 4 N–H and O–H groups in total. The monoisotopic (exact) mass is 349 g/mol. The average molecular weight is 351 g/mol. The molecule has 1 aromatic heterocycles. The maximum Gasteiger partial charge on any atom is 0.326 e. The van der Waals surface area contributed by atoms with Crippen molar-refractivity contribution in [3.8, 4) is 0 Å². The third kappa shape index (κ3) is 4.49. The van der Waals surface area contributed by atoms with E-state index < -0.39 is 30.2 Å². The van der Waals surface area contributed by atoms with Gasteiger partial charge in [-0.1, -0.05) is 11.6 Å². The number of aromatic nitrogens is 1. The van der Waals surface area contributed by atoms with Crippen LogP contribution in [0.4, 0.5) is 0 Å². The highest BCUT2D eigenvalue weighted by Crippen LogP contribution is 2.18. The largest absolute Gasteiger partial charge is 0.480 e. The van der Waals surface area contributed by atoms with Crippen molar-refractivity contribution in [1.82, 2.24) is 10.3 Å². The van der Waals surface area contributed by atoms with Crippen LogP contribution in [0, 0.1) is 0 Å². The predicted molar refractivity (Wildman–Crippen MR) is 69.6 cm³/mol. The Labute approximate surface area is 121 Å². The number of rotatable bonds is 5. The quantitative estimate of drug-likeness (QED) is 0.670. The van der Waals surface area contributed by atoms with Gasteiger partial charge >= 0.3 is 5.97 Å². The normalized spacial score (nSPS) is 11.7. The zero-order valence-electron chi connectivity index (χ0n) is 9.39. The number of nitrogens with zero attached hydrogens (tertiary/aromatic N) is 1. The van der Waals surface area contributed by atoms with Crippen LogP contribution in [0.1, 0.15) is 16.8 Å². The number of pyridine rings is 1.